The summed E-state index contributed by atoms with van der Waals surface area (Å²) in [7, 11) is 2.56. The van der Waals surface area contributed by atoms with Crippen LogP contribution in [0.3, 0.4) is 0 Å². The number of benzene rings is 1. The van der Waals surface area contributed by atoms with Gasteiger partial charge in [0.15, 0.2) is 17.3 Å². The van der Waals surface area contributed by atoms with Gasteiger partial charge in [-0.1, -0.05) is 11.6 Å². The van der Waals surface area contributed by atoms with Gasteiger partial charge in [0.05, 0.1) is 50.6 Å². The number of anilines is 1. The van der Waals surface area contributed by atoms with Crippen molar-refractivity contribution < 1.29 is 27.8 Å². The second-order valence-corrected chi connectivity index (χ2v) is 6.85. The zero-order valence-corrected chi connectivity index (χ0v) is 18.5. The highest BCUT2D eigenvalue weighted by atomic mass is 35.5. The Bertz CT molecular complexity index is 1120. The van der Waals surface area contributed by atoms with E-state index >= 15 is 4.39 Å². The minimum atomic E-state index is -0.696. The first-order valence-electron chi connectivity index (χ1n) is 9.70. The van der Waals surface area contributed by atoms with Crippen molar-refractivity contribution in [3.05, 3.63) is 70.7 Å². The molecule has 0 fully saturated rings. The van der Waals surface area contributed by atoms with Crippen LogP contribution in [0.4, 0.5) is 10.1 Å². The highest BCUT2D eigenvalue weighted by Gasteiger charge is 2.22. The van der Waals surface area contributed by atoms with Crippen molar-refractivity contribution >= 4 is 29.3 Å². The van der Waals surface area contributed by atoms with Crippen molar-refractivity contribution in [1.82, 2.24) is 4.98 Å². The van der Waals surface area contributed by atoms with Gasteiger partial charge in [-0.15, -0.1) is 0 Å². The second kappa shape index (κ2) is 10.7. The molecule has 0 saturated heterocycles. The largest absolute Gasteiger partial charge is 0.501 e. The Hall–Kier alpha value is -3.52. The quantitative estimate of drug-likeness (QED) is 0.331. The Morgan fingerprint density at radius 1 is 1.31 bits per heavy atom. The van der Waals surface area contributed by atoms with E-state index in [0.717, 1.165) is 0 Å². The number of aromatic nitrogens is 1. The molecule has 0 aliphatic heterocycles. The standard InChI is InChI=1S/C23H22ClFN2O5/c1-4-31-11-9-16-18(26-13-14-6-5-10-32-14)12-19(27-21(16)23(28)30-3)15-7-8-17(24)22(29-2)20(15)25/h5-12H,4,13H2,1-3H3,(H,26,27)/b11-9+. The monoisotopic (exact) mass is 460 g/mol. The maximum Gasteiger partial charge on any atom is 0.357 e. The fourth-order valence-electron chi connectivity index (χ4n) is 2.99. The molecule has 0 radical (unpaired) electrons. The Kier molecular flexibility index (Phi) is 7.72. The van der Waals surface area contributed by atoms with E-state index in [1.54, 1.807) is 30.5 Å². The molecule has 168 valence electrons. The van der Waals surface area contributed by atoms with E-state index in [1.807, 2.05) is 6.92 Å². The number of methoxy groups -OCH3 is 2. The van der Waals surface area contributed by atoms with Crippen LogP contribution in [0.15, 0.2) is 47.3 Å². The fourth-order valence-corrected chi connectivity index (χ4v) is 3.21. The number of nitrogens with one attached hydrogen (secondary N) is 1. The molecule has 3 aromatic rings. The van der Waals surface area contributed by atoms with Crippen LogP contribution in [0.25, 0.3) is 17.3 Å². The number of pyridine rings is 1. The van der Waals surface area contributed by atoms with Gasteiger partial charge < -0.3 is 23.9 Å². The maximum atomic E-state index is 15.1. The predicted octanol–water partition coefficient (Wildman–Crippen LogP) is 5.55. The average molecular weight is 461 g/mol. The molecule has 0 aliphatic rings. The van der Waals surface area contributed by atoms with Gasteiger partial charge in [0, 0.05) is 16.8 Å². The van der Waals surface area contributed by atoms with Gasteiger partial charge in [0.25, 0.3) is 0 Å². The third-order valence-corrected chi connectivity index (χ3v) is 4.79. The maximum absolute atomic E-state index is 15.1. The molecule has 0 bridgehead atoms. The van der Waals surface area contributed by atoms with Gasteiger partial charge in [-0.25, -0.2) is 14.2 Å². The van der Waals surface area contributed by atoms with Crippen molar-refractivity contribution in [3.63, 3.8) is 0 Å². The first kappa shape index (κ1) is 23.1. The summed E-state index contributed by atoms with van der Waals surface area (Å²) in [4.78, 5) is 16.9. The van der Waals surface area contributed by atoms with Gasteiger partial charge in [-0.3, -0.25) is 0 Å². The van der Waals surface area contributed by atoms with Crippen LogP contribution in [-0.4, -0.2) is 31.8 Å². The highest BCUT2D eigenvalue weighted by molar-refractivity contribution is 6.32. The topological polar surface area (TPSA) is 82.8 Å². The molecule has 0 atom stereocenters. The van der Waals surface area contributed by atoms with Crippen molar-refractivity contribution in [1.29, 1.82) is 0 Å². The number of nitrogens with zero attached hydrogens (tertiary/aromatic N) is 1. The van der Waals surface area contributed by atoms with E-state index in [4.69, 9.17) is 30.2 Å². The number of furan rings is 1. The van der Waals surface area contributed by atoms with E-state index in [9.17, 15) is 4.79 Å². The molecule has 9 heteroatoms. The fraction of sp³-hybridized carbons (Fsp3) is 0.217. The molecular weight excluding hydrogens is 439 g/mol. The summed E-state index contributed by atoms with van der Waals surface area (Å²) in [6.45, 7) is 2.60. The number of rotatable bonds is 9. The first-order valence-corrected chi connectivity index (χ1v) is 10.1. The van der Waals surface area contributed by atoms with Crippen molar-refractivity contribution in [2.45, 2.75) is 13.5 Å². The number of esters is 1. The van der Waals surface area contributed by atoms with Crippen molar-refractivity contribution in [2.24, 2.45) is 0 Å². The Morgan fingerprint density at radius 2 is 2.12 bits per heavy atom. The average Bonchev–Trinajstić information content (AvgIpc) is 3.32. The molecule has 7 nitrogen and oxygen atoms in total. The van der Waals surface area contributed by atoms with Gasteiger partial charge in [0.1, 0.15) is 5.76 Å². The van der Waals surface area contributed by atoms with Crippen LogP contribution in [0.2, 0.25) is 5.02 Å². The lowest BCUT2D eigenvalue weighted by atomic mass is 10.0. The summed E-state index contributed by atoms with van der Waals surface area (Å²) in [5.74, 6) is -0.832. The summed E-state index contributed by atoms with van der Waals surface area (Å²) >= 11 is 6.02. The third kappa shape index (κ3) is 5.03. The van der Waals surface area contributed by atoms with E-state index in [2.05, 4.69) is 10.3 Å². The lowest BCUT2D eigenvalue weighted by Crippen LogP contribution is -2.11. The van der Waals surface area contributed by atoms with Crippen LogP contribution >= 0.6 is 11.6 Å². The van der Waals surface area contributed by atoms with E-state index in [-0.39, 0.29) is 27.7 Å². The van der Waals surface area contributed by atoms with Crippen LogP contribution < -0.4 is 10.1 Å². The minimum Gasteiger partial charge on any atom is -0.501 e. The number of halogens is 2. The zero-order chi connectivity index (χ0) is 23.1. The molecule has 2 aromatic heterocycles. The SMILES string of the molecule is CCO/C=C/c1c(NCc2ccco2)cc(-c2ccc(Cl)c(OC)c2F)nc1C(=O)OC. The molecule has 32 heavy (non-hydrogen) atoms. The van der Waals surface area contributed by atoms with Crippen molar-refractivity contribution in [2.75, 3.05) is 26.1 Å². The number of ether oxygens (including phenoxy) is 3. The Labute approximate surface area is 189 Å². The lowest BCUT2D eigenvalue weighted by Gasteiger charge is -2.16. The molecule has 2 heterocycles. The first-order chi connectivity index (χ1) is 15.5. The minimum absolute atomic E-state index is 0.0174. The molecule has 0 unspecified atom stereocenters. The Balaban J connectivity index is 2.18. The number of carbonyl (C=O) groups excluding carboxylic acids is 1. The molecule has 1 aromatic carbocycles. The van der Waals surface area contributed by atoms with Gasteiger partial charge in [-0.2, -0.15) is 0 Å². The predicted molar refractivity (Wildman–Crippen MR) is 119 cm³/mol. The molecule has 0 aliphatic carbocycles. The molecule has 0 spiro atoms. The number of carbonyl (C=O) groups is 1. The van der Waals surface area contributed by atoms with Crippen LogP contribution in [0.1, 0.15) is 28.7 Å². The van der Waals surface area contributed by atoms with Crippen molar-refractivity contribution in [3.8, 4) is 17.0 Å². The normalized spacial score (nSPS) is 10.9. The second-order valence-electron chi connectivity index (χ2n) is 6.44. The number of hydrogen-bond acceptors (Lipinski definition) is 7. The van der Waals surface area contributed by atoms with Crippen LogP contribution in [-0.2, 0) is 16.0 Å². The molecule has 1 N–H and O–H groups in total. The van der Waals surface area contributed by atoms with E-state index in [0.29, 0.717) is 30.2 Å². The van der Waals surface area contributed by atoms with E-state index < -0.39 is 11.8 Å². The summed E-state index contributed by atoms with van der Waals surface area (Å²) in [5.41, 5.74) is 1.19. The zero-order valence-electron chi connectivity index (χ0n) is 17.8. The summed E-state index contributed by atoms with van der Waals surface area (Å²) in [6.07, 6.45) is 4.60. The lowest BCUT2D eigenvalue weighted by molar-refractivity contribution is 0.0594. The van der Waals surface area contributed by atoms with Crippen LogP contribution in [0.5, 0.6) is 5.75 Å². The molecule has 0 saturated carbocycles. The van der Waals surface area contributed by atoms with Gasteiger partial charge >= 0.3 is 5.97 Å². The van der Waals surface area contributed by atoms with Gasteiger partial charge in [0.2, 0.25) is 0 Å². The highest BCUT2D eigenvalue weighted by Crippen LogP contribution is 2.36. The molecular formula is C23H22ClFN2O5. The molecule has 3 rings (SSSR count). The summed E-state index contributed by atoms with van der Waals surface area (Å²) in [5, 5.41) is 3.32. The third-order valence-electron chi connectivity index (χ3n) is 4.50. The summed E-state index contributed by atoms with van der Waals surface area (Å²) in [6, 6.07) is 8.15. The number of hydrogen-bond donors (Lipinski definition) is 1. The summed E-state index contributed by atoms with van der Waals surface area (Å²) < 4.78 is 35.7. The molecule has 0 amide bonds. The Morgan fingerprint density at radius 3 is 2.78 bits per heavy atom. The van der Waals surface area contributed by atoms with Gasteiger partial charge in [-0.05, 0) is 43.3 Å². The van der Waals surface area contributed by atoms with E-state index in [1.165, 1.54) is 32.6 Å². The van der Waals surface area contributed by atoms with Crippen LogP contribution in [0, 0.1) is 5.82 Å². The smallest absolute Gasteiger partial charge is 0.357 e.